The van der Waals surface area contributed by atoms with Crippen LogP contribution in [0, 0.1) is 13.8 Å². The summed E-state index contributed by atoms with van der Waals surface area (Å²) in [7, 11) is 0. The molecule has 0 bridgehead atoms. The number of benzene rings is 1. The Morgan fingerprint density at radius 1 is 1.15 bits per heavy atom. The van der Waals surface area contributed by atoms with Crippen LogP contribution < -0.4 is 0 Å². The van der Waals surface area contributed by atoms with E-state index in [1.807, 2.05) is 24.0 Å². The number of carbonyl (C=O) groups excluding carboxylic acids is 1. The normalized spacial score (nSPS) is 15.9. The number of hydrogen-bond acceptors (Lipinski definition) is 4. The molecule has 0 aliphatic carbocycles. The van der Waals surface area contributed by atoms with Gasteiger partial charge in [0.1, 0.15) is 0 Å². The van der Waals surface area contributed by atoms with Crippen molar-refractivity contribution in [3.63, 3.8) is 0 Å². The van der Waals surface area contributed by atoms with Crippen molar-refractivity contribution in [2.45, 2.75) is 20.4 Å². The molecule has 0 radical (unpaired) electrons. The van der Waals surface area contributed by atoms with Gasteiger partial charge in [0, 0.05) is 49.9 Å². The third-order valence-electron chi connectivity index (χ3n) is 4.98. The van der Waals surface area contributed by atoms with Crippen molar-refractivity contribution in [3.05, 3.63) is 64.4 Å². The maximum Gasteiger partial charge on any atom is 0.246 e. The molecule has 0 atom stereocenters. The van der Waals surface area contributed by atoms with E-state index in [9.17, 15) is 4.79 Å². The van der Waals surface area contributed by atoms with Crippen molar-refractivity contribution in [2.75, 3.05) is 26.2 Å². The van der Waals surface area contributed by atoms with Crippen LogP contribution in [0.4, 0.5) is 0 Å². The standard InChI is InChI=1S/C21H24N4OS/c1-16-14-25-19(17(2)22-21(25)27-16)8-9-20(26)24-12-10-23(11-13-24)15-18-6-4-3-5-7-18/h3-9,14H,10-13,15H2,1-2H3. The molecule has 2 aromatic heterocycles. The lowest BCUT2D eigenvalue weighted by molar-refractivity contribution is -0.127. The molecule has 4 rings (SSSR count). The van der Waals surface area contributed by atoms with Gasteiger partial charge in [0.2, 0.25) is 5.91 Å². The van der Waals surface area contributed by atoms with Crippen LogP contribution in [0.25, 0.3) is 11.0 Å². The first-order valence-electron chi connectivity index (χ1n) is 9.28. The van der Waals surface area contributed by atoms with Crippen molar-refractivity contribution < 1.29 is 4.79 Å². The third kappa shape index (κ3) is 3.96. The first-order chi connectivity index (χ1) is 13.1. The third-order valence-corrected chi connectivity index (χ3v) is 5.88. The second-order valence-electron chi connectivity index (χ2n) is 7.00. The summed E-state index contributed by atoms with van der Waals surface area (Å²) in [6, 6.07) is 10.5. The summed E-state index contributed by atoms with van der Waals surface area (Å²) in [5.74, 6) is 0.0793. The van der Waals surface area contributed by atoms with E-state index in [1.165, 1.54) is 10.4 Å². The van der Waals surface area contributed by atoms with E-state index < -0.39 is 0 Å². The quantitative estimate of drug-likeness (QED) is 0.652. The number of rotatable bonds is 4. The largest absolute Gasteiger partial charge is 0.337 e. The smallest absolute Gasteiger partial charge is 0.246 e. The summed E-state index contributed by atoms with van der Waals surface area (Å²) < 4.78 is 2.07. The van der Waals surface area contributed by atoms with Crippen molar-refractivity contribution >= 4 is 28.3 Å². The van der Waals surface area contributed by atoms with Gasteiger partial charge in [-0.15, -0.1) is 11.3 Å². The highest BCUT2D eigenvalue weighted by atomic mass is 32.1. The Balaban J connectivity index is 1.36. The monoisotopic (exact) mass is 380 g/mol. The molecule has 0 saturated carbocycles. The number of carbonyl (C=O) groups is 1. The lowest BCUT2D eigenvalue weighted by Gasteiger charge is -2.34. The molecule has 0 N–H and O–H groups in total. The van der Waals surface area contributed by atoms with Crippen molar-refractivity contribution in [1.29, 1.82) is 0 Å². The molecule has 1 saturated heterocycles. The first kappa shape index (κ1) is 17.9. The van der Waals surface area contributed by atoms with Crippen LogP contribution in [0.1, 0.15) is 21.8 Å². The van der Waals surface area contributed by atoms with Crippen LogP contribution in [0.3, 0.4) is 0 Å². The zero-order valence-corrected chi connectivity index (χ0v) is 16.6. The van der Waals surface area contributed by atoms with Crippen LogP contribution in [-0.2, 0) is 11.3 Å². The van der Waals surface area contributed by atoms with Crippen LogP contribution in [0.2, 0.25) is 0 Å². The molecule has 6 heteroatoms. The second kappa shape index (κ2) is 7.66. The number of thiazole rings is 1. The van der Waals surface area contributed by atoms with Gasteiger partial charge >= 0.3 is 0 Å². The number of aryl methyl sites for hydroxylation is 2. The van der Waals surface area contributed by atoms with Gasteiger partial charge in [-0.3, -0.25) is 14.1 Å². The van der Waals surface area contributed by atoms with E-state index in [4.69, 9.17) is 0 Å². The fourth-order valence-corrected chi connectivity index (χ4v) is 4.38. The van der Waals surface area contributed by atoms with E-state index in [-0.39, 0.29) is 5.91 Å². The molecule has 140 valence electrons. The van der Waals surface area contributed by atoms with Gasteiger partial charge in [0.25, 0.3) is 0 Å². The minimum Gasteiger partial charge on any atom is -0.337 e. The Bertz CT molecular complexity index is 965. The minimum atomic E-state index is 0.0793. The van der Waals surface area contributed by atoms with Gasteiger partial charge < -0.3 is 4.90 Å². The van der Waals surface area contributed by atoms with Crippen LogP contribution in [0.5, 0.6) is 0 Å². The summed E-state index contributed by atoms with van der Waals surface area (Å²) in [4.78, 5) is 23.7. The number of fused-ring (bicyclic) bond motifs is 1. The number of aromatic nitrogens is 2. The van der Waals surface area contributed by atoms with Crippen LogP contribution in [-0.4, -0.2) is 51.3 Å². The van der Waals surface area contributed by atoms with E-state index in [2.05, 4.69) is 51.7 Å². The van der Waals surface area contributed by atoms with E-state index in [0.717, 1.165) is 49.1 Å². The number of nitrogens with zero attached hydrogens (tertiary/aromatic N) is 4. The fraction of sp³-hybridized carbons (Fsp3) is 0.333. The maximum absolute atomic E-state index is 12.6. The van der Waals surface area contributed by atoms with Crippen LogP contribution in [0.15, 0.2) is 42.6 Å². The summed E-state index contributed by atoms with van der Waals surface area (Å²) in [6.45, 7) is 8.37. The van der Waals surface area contributed by atoms with Gasteiger partial charge in [0.05, 0.1) is 11.4 Å². The molecule has 0 spiro atoms. The van der Waals surface area contributed by atoms with Crippen molar-refractivity contribution in [2.24, 2.45) is 0 Å². The first-order valence-corrected chi connectivity index (χ1v) is 10.1. The minimum absolute atomic E-state index is 0.0793. The maximum atomic E-state index is 12.6. The van der Waals surface area contributed by atoms with Gasteiger partial charge in [-0.25, -0.2) is 4.98 Å². The van der Waals surface area contributed by atoms with Crippen molar-refractivity contribution in [3.8, 4) is 0 Å². The van der Waals surface area contributed by atoms with E-state index >= 15 is 0 Å². The molecular formula is C21H24N4OS. The number of hydrogen-bond donors (Lipinski definition) is 0. The highest BCUT2D eigenvalue weighted by Gasteiger charge is 2.20. The summed E-state index contributed by atoms with van der Waals surface area (Å²) >= 11 is 1.67. The molecule has 0 unspecified atom stereocenters. The molecule has 3 heterocycles. The van der Waals surface area contributed by atoms with E-state index in [1.54, 1.807) is 17.4 Å². The van der Waals surface area contributed by atoms with Gasteiger partial charge in [-0.1, -0.05) is 30.3 Å². The molecule has 5 nitrogen and oxygen atoms in total. The van der Waals surface area contributed by atoms with Crippen LogP contribution >= 0.6 is 11.3 Å². The highest BCUT2D eigenvalue weighted by Crippen LogP contribution is 2.21. The number of piperazine rings is 1. The molecule has 1 aromatic carbocycles. The number of imidazole rings is 1. The predicted molar refractivity (Wildman–Crippen MR) is 110 cm³/mol. The summed E-state index contributed by atoms with van der Waals surface area (Å²) in [6.07, 6.45) is 5.67. The van der Waals surface area contributed by atoms with Gasteiger partial charge in [-0.2, -0.15) is 0 Å². The molecule has 27 heavy (non-hydrogen) atoms. The van der Waals surface area contributed by atoms with Gasteiger partial charge in [-0.05, 0) is 25.5 Å². The Kier molecular flexibility index (Phi) is 5.09. The number of amides is 1. The topological polar surface area (TPSA) is 40.9 Å². The summed E-state index contributed by atoms with van der Waals surface area (Å²) in [5, 5.41) is 0. The molecule has 1 aliphatic rings. The average molecular weight is 381 g/mol. The second-order valence-corrected chi connectivity index (χ2v) is 8.21. The SMILES string of the molecule is Cc1cn2c(C=CC(=O)N3CCN(Cc4ccccc4)CC3)c(C)nc2s1. The van der Waals surface area contributed by atoms with Crippen molar-refractivity contribution in [1.82, 2.24) is 19.2 Å². The molecule has 3 aromatic rings. The Labute approximate surface area is 163 Å². The average Bonchev–Trinajstić information content (AvgIpc) is 3.16. The molecular weight excluding hydrogens is 356 g/mol. The zero-order valence-electron chi connectivity index (χ0n) is 15.8. The Morgan fingerprint density at radius 2 is 1.89 bits per heavy atom. The predicted octanol–water partition coefficient (Wildman–Crippen LogP) is 3.37. The fourth-order valence-electron chi connectivity index (χ4n) is 3.51. The summed E-state index contributed by atoms with van der Waals surface area (Å²) in [5.41, 5.74) is 3.27. The van der Waals surface area contributed by atoms with E-state index in [0.29, 0.717) is 0 Å². The zero-order chi connectivity index (χ0) is 18.8. The molecule has 1 amide bonds. The molecule has 1 fully saturated rings. The Hall–Kier alpha value is -2.44. The van der Waals surface area contributed by atoms with Gasteiger partial charge in [0.15, 0.2) is 4.96 Å². The molecule has 1 aliphatic heterocycles. The highest BCUT2D eigenvalue weighted by molar-refractivity contribution is 7.17. The Morgan fingerprint density at radius 3 is 2.63 bits per heavy atom. The lowest BCUT2D eigenvalue weighted by atomic mass is 10.2. The lowest BCUT2D eigenvalue weighted by Crippen LogP contribution is -2.47.